The Hall–Kier alpha value is -2.21. The Morgan fingerprint density at radius 1 is 1.17 bits per heavy atom. The summed E-state index contributed by atoms with van der Waals surface area (Å²) in [6.45, 7) is 1.95. The van der Waals surface area contributed by atoms with Crippen molar-refractivity contribution in [3.8, 4) is 5.75 Å². The highest BCUT2D eigenvalue weighted by Crippen LogP contribution is 2.34. The highest BCUT2D eigenvalue weighted by molar-refractivity contribution is 6.31. The Morgan fingerprint density at radius 3 is 2.62 bits per heavy atom. The molecule has 0 atom stereocenters. The Morgan fingerprint density at radius 2 is 1.92 bits per heavy atom. The predicted molar refractivity (Wildman–Crippen MR) is 98.4 cm³/mol. The van der Waals surface area contributed by atoms with E-state index in [9.17, 15) is 0 Å². The number of nitrogens with zero attached hydrogens (tertiary/aromatic N) is 3. The lowest BCUT2D eigenvalue weighted by atomic mass is 10.2. The lowest BCUT2D eigenvalue weighted by Crippen LogP contribution is -2.26. The number of nitrogens with one attached hydrogen (secondary N) is 1. The summed E-state index contributed by atoms with van der Waals surface area (Å²) in [5, 5.41) is 3.83. The Balaban J connectivity index is 1.89. The van der Waals surface area contributed by atoms with E-state index in [1.54, 1.807) is 25.3 Å². The molecule has 1 aliphatic heterocycles. The molecule has 0 amide bonds. The largest absolute Gasteiger partial charge is 0.495 e. The van der Waals surface area contributed by atoms with Crippen molar-refractivity contribution in [2.75, 3.05) is 36.1 Å². The van der Waals surface area contributed by atoms with Crippen molar-refractivity contribution in [3.05, 3.63) is 29.5 Å². The first-order valence-corrected chi connectivity index (χ1v) is 8.53. The molecule has 6 nitrogen and oxygen atoms in total. The minimum Gasteiger partial charge on any atom is -0.495 e. The molecule has 3 rings (SSSR count). The van der Waals surface area contributed by atoms with Crippen LogP contribution in [0.25, 0.3) is 0 Å². The SMILES string of the molecule is COc1ccc(Cl)cc1Nc1ncnc(N2CCCCCC2)c1N. The van der Waals surface area contributed by atoms with Gasteiger partial charge in [-0.3, -0.25) is 0 Å². The number of methoxy groups -OCH3 is 1. The molecule has 1 aromatic carbocycles. The maximum atomic E-state index is 6.34. The fourth-order valence-electron chi connectivity index (χ4n) is 2.93. The van der Waals surface area contributed by atoms with Gasteiger partial charge in [0, 0.05) is 18.1 Å². The summed E-state index contributed by atoms with van der Waals surface area (Å²) in [4.78, 5) is 10.9. The highest BCUT2D eigenvalue weighted by Gasteiger charge is 2.17. The Labute approximate surface area is 147 Å². The summed E-state index contributed by atoms with van der Waals surface area (Å²) in [6, 6.07) is 5.36. The third-order valence-electron chi connectivity index (χ3n) is 4.18. The van der Waals surface area contributed by atoms with E-state index in [4.69, 9.17) is 22.1 Å². The van der Waals surface area contributed by atoms with Gasteiger partial charge in [0.2, 0.25) is 0 Å². The summed E-state index contributed by atoms with van der Waals surface area (Å²) in [5.41, 5.74) is 7.60. The van der Waals surface area contributed by atoms with Gasteiger partial charge in [-0.25, -0.2) is 9.97 Å². The molecule has 2 heterocycles. The summed E-state index contributed by atoms with van der Waals surface area (Å²) in [6.07, 6.45) is 6.37. The van der Waals surface area contributed by atoms with Crippen LogP contribution in [0.2, 0.25) is 5.02 Å². The fraction of sp³-hybridized carbons (Fsp3) is 0.412. The monoisotopic (exact) mass is 347 g/mol. The molecule has 128 valence electrons. The molecule has 0 spiro atoms. The molecule has 0 aliphatic carbocycles. The number of rotatable bonds is 4. The van der Waals surface area contributed by atoms with Crippen molar-refractivity contribution in [1.29, 1.82) is 0 Å². The summed E-state index contributed by atoms with van der Waals surface area (Å²) in [7, 11) is 1.61. The molecule has 0 radical (unpaired) electrons. The normalized spacial score (nSPS) is 15.0. The molecule has 2 aromatic rings. The van der Waals surface area contributed by atoms with Gasteiger partial charge in [0.1, 0.15) is 17.8 Å². The molecule has 1 aromatic heterocycles. The van der Waals surface area contributed by atoms with Gasteiger partial charge in [-0.1, -0.05) is 24.4 Å². The first-order chi connectivity index (χ1) is 11.7. The third kappa shape index (κ3) is 3.64. The van der Waals surface area contributed by atoms with Gasteiger partial charge in [0.05, 0.1) is 12.8 Å². The first-order valence-electron chi connectivity index (χ1n) is 8.15. The van der Waals surface area contributed by atoms with Crippen LogP contribution in [0.4, 0.5) is 23.0 Å². The van der Waals surface area contributed by atoms with Crippen molar-refractivity contribution in [3.63, 3.8) is 0 Å². The van der Waals surface area contributed by atoms with Gasteiger partial charge < -0.3 is 20.7 Å². The molecule has 0 unspecified atom stereocenters. The molecule has 7 heteroatoms. The zero-order valence-electron chi connectivity index (χ0n) is 13.8. The molecule has 0 bridgehead atoms. The van der Waals surface area contributed by atoms with Crippen LogP contribution in [0.15, 0.2) is 24.5 Å². The van der Waals surface area contributed by atoms with Crippen molar-refractivity contribution < 1.29 is 4.74 Å². The van der Waals surface area contributed by atoms with E-state index in [0.29, 0.717) is 22.3 Å². The third-order valence-corrected chi connectivity index (χ3v) is 4.42. The minimum absolute atomic E-state index is 0.543. The van der Waals surface area contributed by atoms with Gasteiger partial charge in [0.15, 0.2) is 11.6 Å². The zero-order chi connectivity index (χ0) is 16.9. The molecule has 3 N–H and O–H groups in total. The van der Waals surface area contributed by atoms with Crippen LogP contribution in [0, 0.1) is 0 Å². The standard InChI is InChI=1S/C17H22ClN5O/c1-24-14-7-6-12(18)10-13(14)22-16-15(19)17(21-11-20-16)23-8-4-2-3-5-9-23/h6-7,10-11H,2-5,8-9,19H2,1H3,(H,20,21,22). The number of hydrogen-bond acceptors (Lipinski definition) is 6. The van der Waals surface area contributed by atoms with Crippen LogP contribution in [0.5, 0.6) is 5.75 Å². The van der Waals surface area contributed by atoms with E-state index in [1.165, 1.54) is 19.2 Å². The molecular weight excluding hydrogens is 326 g/mol. The van der Waals surface area contributed by atoms with E-state index >= 15 is 0 Å². The number of aromatic nitrogens is 2. The van der Waals surface area contributed by atoms with E-state index in [0.717, 1.165) is 37.4 Å². The van der Waals surface area contributed by atoms with Crippen LogP contribution in [0.1, 0.15) is 25.7 Å². The molecule has 24 heavy (non-hydrogen) atoms. The molecule has 1 saturated heterocycles. The van der Waals surface area contributed by atoms with Gasteiger partial charge in [-0.2, -0.15) is 0 Å². The second-order valence-corrected chi connectivity index (χ2v) is 6.27. The lowest BCUT2D eigenvalue weighted by Gasteiger charge is -2.23. The minimum atomic E-state index is 0.543. The zero-order valence-corrected chi connectivity index (χ0v) is 14.5. The number of benzene rings is 1. The lowest BCUT2D eigenvalue weighted by molar-refractivity contribution is 0.417. The van der Waals surface area contributed by atoms with Crippen LogP contribution in [-0.2, 0) is 0 Å². The van der Waals surface area contributed by atoms with E-state index < -0.39 is 0 Å². The van der Waals surface area contributed by atoms with Crippen LogP contribution in [-0.4, -0.2) is 30.2 Å². The van der Waals surface area contributed by atoms with E-state index in [2.05, 4.69) is 20.2 Å². The van der Waals surface area contributed by atoms with Crippen LogP contribution >= 0.6 is 11.6 Å². The fourth-order valence-corrected chi connectivity index (χ4v) is 3.10. The molecule has 0 saturated carbocycles. The maximum Gasteiger partial charge on any atom is 0.159 e. The van der Waals surface area contributed by atoms with Crippen molar-refractivity contribution in [2.45, 2.75) is 25.7 Å². The van der Waals surface area contributed by atoms with Gasteiger partial charge >= 0.3 is 0 Å². The maximum absolute atomic E-state index is 6.34. The van der Waals surface area contributed by atoms with E-state index in [-0.39, 0.29) is 0 Å². The Bertz CT molecular complexity index is 701. The summed E-state index contributed by atoms with van der Waals surface area (Å²) in [5.74, 6) is 2.02. The number of nitrogen functional groups attached to an aromatic ring is 1. The average molecular weight is 348 g/mol. The summed E-state index contributed by atoms with van der Waals surface area (Å²) >= 11 is 6.08. The molecule has 1 aliphatic rings. The van der Waals surface area contributed by atoms with Crippen molar-refractivity contribution in [2.24, 2.45) is 0 Å². The number of ether oxygens (including phenoxy) is 1. The molecule has 1 fully saturated rings. The number of anilines is 4. The van der Waals surface area contributed by atoms with Crippen molar-refractivity contribution in [1.82, 2.24) is 9.97 Å². The topological polar surface area (TPSA) is 76.3 Å². The van der Waals surface area contributed by atoms with E-state index in [1.807, 2.05) is 0 Å². The van der Waals surface area contributed by atoms with Gasteiger partial charge in [0.25, 0.3) is 0 Å². The molecular formula is C17H22ClN5O. The van der Waals surface area contributed by atoms with Crippen molar-refractivity contribution >= 4 is 34.6 Å². The number of hydrogen-bond donors (Lipinski definition) is 2. The first kappa shape index (κ1) is 16.6. The van der Waals surface area contributed by atoms with Gasteiger partial charge in [-0.05, 0) is 31.0 Å². The quantitative estimate of drug-likeness (QED) is 0.875. The highest BCUT2D eigenvalue weighted by atomic mass is 35.5. The average Bonchev–Trinajstić information content (AvgIpc) is 2.86. The number of nitrogens with two attached hydrogens (primary N) is 1. The van der Waals surface area contributed by atoms with Crippen LogP contribution in [0.3, 0.4) is 0 Å². The second-order valence-electron chi connectivity index (χ2n) is 5.83. The summed E-state index contributed by atoms with van der Waals surface area (Å²) < 4.78 is 5.36. The van der Waals surface area contributed by atoms with Crippen LogP contribution < -0.4 is 20.7 Å². The smallest absolute Gasteiger partial charge is 0.159 e. The van der Waals surface area contributed by atoms with Gasteiger partial charge in [-0.15, -0.1) is 0 Å². The Kier molecular flexibility index (Phi) is 5.25. The second kappa shape index (κ2) is 7.57. The number of halogens is 1. The predicted octanol–water partition coefficient (Wildman–Crippen LogP) is 3.84.